The van der Waals surface area contributed by atoms with Crippen LogP contribution in [0.2, 0.25) is 0 Å². The van der Waals surface area contributed by atoms with Crippen LogP contribution in [0.15, 0.2) is 18.2 Å². The van der Waals surface area contributed by atoms with Gasteiger partial charge in [-0.05, 0) is 50.7 Å². The summed E-state index contributed by atoms with van der Waals surface area (Å²) in [7, 11) is 4.28. The molecule has 3 heteroatoms. The molecule has 19 heavy (non-hydrogen) atoms. The molecule has 0 aliphatic carbocycles. The van der Waals surface area contributed by atoms with Gasteiger partial charge < -0.3 is 10.2 Å². The van der Waals surface area contributed by atoms with Gasteiger partial charge in [-0.2, -0.15) is 0 Å². The Morgan fingerprint density at radius 1 is 1.16 bits per heavy atom. The Hall–Kier alpha value is -1.06. The van der Waals surface area contributed by atoms with Crippen molar-refractivity contribution in [1.29, 1.82) is 0 Å². The third-order valence-corrected chi connectivity index (χ3v) is 3.69. The number of nitrogens with zero attached hydrogens (tertiary/aromatic N) is 2. The maximum atomic E-state index is 3.47. The van der Waals surface area contributed by atoms with Gasteiger partial charge in [0.25, 0.3) is 0 Å². The highest BCUT2D eigenvalue weighted by molar-refractivity contribution is 5.56. The quantitative estimate of drug-likeness (QED) is 0.813. The molecule has 3 nitrogen and oxygen atoms in total. The zero-order valence-electron chi connectivity index (χ0n) is 12.6. The molecule has 1 aliphatic heterocycles. The van der Waals surface area contributed by atoms with Crippen LogP contribution in [0, 0.1) is 0 Å². The van der Waals surface area contributed by atoms with E-state index < -0.39 is 0 Å². The van der Waals surface area contributed by atoms with Gasteiger partial charge in [-0.25, -0.2) is 0 Å². The number of rotatable bonds is 7. The Bertz CT molecular complexity index is 401. The van der Waals surface area contributed by atoms with Crippen molar-refractivity contribution in [3.8, 4) is 0 Å². The van der Waals surface area contributed by atoms with Gasteiger partial charge >= 0.3 is 0 Å². The van der Waals surface area contributed by atoms with Crippen LogP contribution in [0.25, 0.3) is 0 Å². The number of hydrogen-bond acceptors (Lipinski definition) is 3. The van der Waals surface area contributed by atoms with Crippen LogP contribution < -0.4 is 5.32 Å². The van der Waals surface area contributed by atoms with Crippen molar-refractivity contribution in [1.82, 2.24) is 9.80 Å². The molecule has 0 unspecified atom stereocenters. The second kappa shape index (κ2) is 6.92. The predicted molar refractivity (Wildman–Crippen MR) is 82.8 cm³/mol. The molecular formula is C16H27N3. The smallest absolute Gasteiger partial charge is 0.0376 e. The third-order valence-electron chi connectivity index (χ3n) is 3.69. The highest BCUT2D eigenvalue weighted by Crippen LogP contribution is 2.23. The molecule has 0 saturated carbocycles. The first-order valence-electron chi connectivity index (χ1n) is 7.42. The first kappa shape index (κ1) is 14.4. The van der Waals surface area contributed by atoms with Crippen molar-refractivity contribution in [2.45, 2.75) is 26.3 Å². The molecule has 0 radical (unpaired) electrons. The number of nitrogens with one attached hydrogen (secondary N) is 1. The fourth-order valence-electron chi connectivity index (χ4n) is 2.62. The van der Waals surface area contributed by atoms with Crippen LogP contribution in [0.4, 0.5) is 5.69 Å². The molecule has 0 saturated heterocycles. The summed E-state index contributed by atoms with van der Waals surface area (Å²) >= 11 is 0. The van der Waals surface area contributed by atoms with Gasteiger partial charge in [-0.15, -0.1) is 0 Å². The largest absolute Gasteiger partial charge is 0.384 e. The highest BCUT2D eigenvalue weighted by atomic mass is 15.2. The van der Waals surface area contributed by atoms with Gasteiger partial charge in [-0.1, -0.05) is 19.1 Å². The maximum Gasteiger partial charge on any atom is 0.0376 e. The Morgan fingerprint density at radius 2 is 2.00 bits per heavy atom. The SMILES string of the molecule is CCCN(CCN(C)C)Cc1ccc2c(c1)NCC2. The summed E-state index contributed by atoms with van der Waals surface area (Å²) in [6, 6.07) is 6.92. The molecule has 1 heterocycles. The molecule has 1 N–H and O–H groups in total. The average molecular weight is 261 g/mol. The minimum absolute atomic E-state index is 1.07. The lowest BCUT2D eigenvalue weighted by molar-refractivity contribution is 0.234. The average Bonchev–Trinajstić information content (AvgIpc) is 2.83. The van der Waals surface area contributed by atoms with Crippen LogP contribution in [-0.4, -0.2) is 50.1 Å². The van der Waals surface area contributed by atoms with Crippen molar-refractivity contribution in [2.75, 3.05) is 45.6 Å². The zero-order chi connectivity index (χ0) is 13.7. The Kier molecular flexibility index (Phi) is 5.23. The van der Waals surface area contributed by atoms with E-state index in [1.165, 1.54) is 36.2 Å². The zero-order valence-corrected chi connectivity index (χ0v) is 12.6. The number of likely N-dealkylation sites (N-methyl/N-ethyl adjacent to an activating group) is 1. The van der Waals surface area contributed by atoms with Crippen molar-refractivity contribution in [3.63, 3.8) is 0 Å². The number of benzene rings is 1. The van der Waals surface area contributed by atoms with E-state index in [1.54, 1.807) is 0 Å². The summed E-state index contributed by atoms with van der Waals surface area (Å²) in [5.41, 5.74) is 4.25. The topological polar surface area (TPSA) is 18.5 Å². The van der Waals surface area contributed by atoms with Crippen LogP contribution >= 0.6 is 0 Å². The van der Waals surface area contributed by atoms with Gasteiger partial charge in [-0.3, -0.25) is 4.90 Å². The van der Waals surface area contributed by atoms with Crippen molar-refractivity contribution in [2.24, 2.45) is 0 Å². The molecule has 1 aromatic carbocycles. The van der Waals surface area contributed by atoms with E-state index in [9.17, 15) is 0 Å². The van der Waals surface area contributed by atoms with Crippen LogP contribution in [0.3, 0.4) is 0 Å². The molecule has 0 fully saturated rings. The molecular weight excluding hydrogens is 234 g/mol. The van der Waals surface area contributed by atoms with Gasteiger partial charge in [0.05, 0.1) is 0 Å². The minimum Gasteiger partial charge on any atom is -0.384 e. The summed E-state index contributed by atoms with van der Waals surface area (Å²) < 4.78 is 0. The van der Waals surface area contributed by atoms with E-state index in [0.29, 0.717) is 0 Å². The molecule has 0 spiro atoms. The van der Waals surface area contributed by atoms with Crippen LogP contribution in [-0.2, 0) is 13.0 Å². The molecule has 1 aliphatic rings. The Balaban J connectivity index is 1.96. The third kappa shape index (κ3) is 4.22. The first-order chi connectivity index (χ1) is 9.19. The van der Waals surface area contributed by atoms with Crippen molar-refractivity contribution < 1.29 is 0 Å². The van der Waals surface area contributed by atoms with E-state index in [4.69, 9.17) is 0 Å². The second-order valence-electron chi connectivity index (χ2n) is 5.75. The lowest BCUT2D eigenvalue weighted by Crippen LogP contribution is -2.32. The molecule has 0 atom stereocenters. The highest BCUT2D eigenvalue weighted by Gasteiger charge is 2.11. The monoisotopic (exact) mass is 261 g/mol. The number of fused-ring (bicyclic) bond motifs is 1. The molecule has 2 rings (SSSR count). The van der Waals surface area contributed by atoms with E-state index in [0.717, 1.165) is 26.2 Å². The fraction of sp³-hybridized carbons (Fsp3) is 0.625. The van der Waals surface area contributed by atoms with E-state index in [2.05, 4.69) is 54.3 Å². The summed E-state index contributed by atoms with van der Waals surface area (Å²) in [5.74, 6) is 0. The summed E-state index contributed by atoms with van der Waals surface area (Å²) in [6.07, 6.45) is 2.39. The summed E-state index contributed by atoms with van der Waals surface area (Å²) in [6.45, 7) is 7.87. The van der Waals surface area contributed by atoms with Crippen LogP contribution in [0.5, 0.6) is 0 Å². The van der Waals surface area contributed by atoms with Crippen LogP contribution in [0.1, 0.15) is 24.5 Å². The standard InChI is InChI=1S/C16H27N3/c1-4-9-19(11-10-18(2)3)13-14-5-6-15-7-8-17-16(15)12-14/h5-6,12,17H,4,7-11,13H2,1-3H3. The Labute approximate surface area is 117 Å². The summed E-state index contributed by atoms with van der Waals surface area (Å²) in [5, 5.41) is 3.47. The van der Waals surface area contributed by atoms with Crippen molar-refractivity contribution in [3.05, 3.63) is 29.3 Å². The van der Waals surface area contributed by atoms with Crippen molar-refractivity contribution >= 4 is 5.69 Å². The summed E-state index contributed by atoms with van der Waals surface area (Å²) in [4.78, 5) is 4.81. The molecule has 0 amide bonds. The number of anilines is 1. The lowest BCUT2D eigenvalue weighted by Gasteiger charge is -2.24. The fourth-order valence-corrected chi connectivity index (χ4v) is 2.62. The molecule has 0 aromatic heterocycles. The molecule has 1 aromatic rings. The lowest BCUT2D eigenvalue weighted by atomic mass is 10.1. The first-order valence-corrected chi connectivity index (χ1v) is 7.42. The Morgan fingerprint density at radius 3 is 2.74 bits per heavy atom. The minimum atomic E-state index is 1.07. The van der Waals surface area contributed by atoms with E-state index in [1.807, 2.05) is 0 Å². The van der Waals surface area contributed by atoms with E-state index in [-0.39, 0.29) is 0 Å². The number of hydrogen-bond donors (Lipinski definition) is 1. The second-order valence-corrected chi connectivity index (χ2v) is 5.75. The molecule has 106 valence electrons. The van der Waals surface area contributed by atoms with Gasteiger partial charge in [0, 0.05) is 31.9 Å². The van der Waals surface area contributed by atoms with E-state index >= 15 is 0 Å². The van der Waals surface area contributed by atoms with Gasteiger partial charge in [0.2, 0.25) is 0 Å². The van der Waals surface area contributed by atoms with Gasteiger partial charge in [0.15, 0.2) is 0 Å². The molecule has 0 bridgehead atoms. The predicted octanol–water partition coefficient (Wildman–Crippen LogP) is 2.43. The van der Waals surface area contributed by atoms with Gasteiger partial charge in [0.1, 0.15) is 0 Å². The normalized spacial score (nSPS) is 13.9. The maximum absolute atomic E-state index is 3.47.